The number of anilines is 1. The SMILES string of the molecule is OCC1CCCN(c2nc3c(C(F)(F)F)cccc3s2)C1. The van der Waals surface area contributed by atoms with Gasteiger partial charge in [-0.05, 0) is 30.9 Å². The molecular weight excluding hydrogens is 301 g/mol. The van der Waals surface area contributed by atoms with Gasteiger partial charge >= 0.3 is 6.18 Å². The Morgan fingerprint density at radius 3 is 2.90 bits per heavy atom. The van der Waals surface area contributed by atoms with E-state index >= 15 is 0 Å². The van der Waals surface area contributed by atoms with Crippen LogP contribution in [0.25, 0.3) is 10.2 Å². The van der Waals surface area contributed by atoms with Crippen molar-refractivity contribution in [3.63, 3.8) is 0 Å². The quantitative estimate of drug-likeness (QED) is 0.921. The number of aromatic nitrogens is 1. The number of para-hydroxylation sites is 1. The van der Waals surface area contributed by atoms with Crippen LogP contribution in [0.3, 0.4) is 0 Å². The molecule has 1 unspecified atom stereocenters. The van der Waals surface area contributed by atoms with Crippen molar-refractivity contribution in [2.24, 2.45) is 5.92 Å². The zero-order valence-electron chi connectivity index (χ0n) is 11.2. The van der Waals surface area contributed by atoms with E-state index in [0.29, 0.717) is 16.4 Å². The Bertz CT molecular complexity index is 641. The Morgan fingerprint density at radius 2 is 2.19 bits per heavy atom. The number of nitrogens with zero attached hydrogens (tertiary/aromatic N) is 2. The summed E-state index contributed by atoms with van der Waals surface area (Å²) < 4.78 is 39.6. The molecule has 3 rings (SSSR count). The lowest BCUT2D eigenvalue weighted by Gasteiger charge is -2.31. The van der Waals surface area contributed by atoms with Gasteiger partial charge in [-0.1, -0.05) is 17.4 Å². The predicted octanol–water partition coefficient (Wildman–Crippen LogP) is 3.52. The van der Waals surface area contributed by atoms with Gasteiger partial charge in [-0.2, -0.15) is 13.2 Å². The zero-order valence-corrected chi connectivity index (χ0v) is 12.0. The third kappa shape index (κ3) is 2.85. The minimum absolute atomic E-state index is 0.0242. The summed E-state index contributed by atoms with van der Waals surface area (Å²) in [5.74, 6) is 0.174. The highest BCUT2D eigenvalue weighted by Crippen LogP contribution is 2.39. The second-order valence-electron chi connectivity index (χ2n) is 5.28. The fourth-order valence-electron chi connectivity index (χ4n) is 2.69. The fraction of sp³-hybridized carbons (Fsp3) is 0.500. The number of aliphatic hydroxyl groups is 1. The first-order chi connectivity index (χ1) is 9.99. The highest BCUT2D eigenvalue weighted by atomic mass is 32.1. The normalized spacial score (nSPS) is 20.2. The maximum Gasteiger partial charge on any atom is 0.418 e. The summed E-state index contributed by atoms with van der Waals surface area (Å²) in [7, 11) is 0. The number of hydrogen-bond donors (Lipinski definition) is 1. The molecule has 114 valence electrons. The third-order valence-corrected chi connectivity index (χ3v) is 4.84. The van der Waals surface area contributed by atoms with Crippen molar-refractivity contribution in [3.05, 3.63) is 23.8 Å². The summed E-state index contributed by atoms with van der Waals surface area (Å²) in [6.45, 7) is 1.53. The van der Waals surface area contributed by atoms with Gasteiger partial charge in [-0.25, -0.2) is 4.98 Å². The Morgan fingerprint density at radius 1 is 1.38 bits per heavy atom. The average Bonchev–Trinajstić information content (AvgIpc) is 2.90. The minimum Gasteiger partial charge on any atom is -0.396 e. The lowest BCUT2D eigenvalue weighted by molar-refractivity contribution is -0.136. The second kappa shape index (κ2) is 5.46. The van der Waals surface area contributed by atoms with Crippen LogP contribution in [-0.4, -0.2) is 29.8 Å². The van der Waals surface area contributed by atoms with Gasteiger partial charge in [0.05, 0.1) is 15.8 Å². The second-order valence-corrected chi connectivity index (χ2v) is 6.29. The molecule has 1 aliphatic rings. The van der Waals surface area contributed by atoms with E-state index in [1.54, 1.807) is 6.07 Å². The highest BCUT2D eigenvalue weighted by molar-refractivity contribution is 7.22. The molecule has 21 heavy (non-hydrogen) atoms. The van der Waals surface area contributed by atoms with E-state index in [0.717, 1.165) is 25.5 Å². The zero-order chi connectivity index (χ0) is 15.0. The molecule has 1 aliphatic heterocycles. The molecule has 1 aromatic heterocycles. The van der Waals surface area contributed by atoms with Crippen molar-refractivity contribution in [1.29, 1.82) is 0 Å². The van der Waals surface area contributed by atoms with E-state index in [2.05, 4.69) is 4.98 Å². The Balaban J connectivity index is 1.98. The molecule has 2 aromatic rings. The van der Waals surface area contributed by atoms with Crippen LogP contribution in [0.15, 0.2) is 18.2 Å². The number of halogens is 3. The lowest BCUT2D eigenvalue weighted by Crippen LogP contribution is -2.36. The molecule has 0 saturated carbocycles. The smallest absolute Gasteiger partial charge is 0.396 e. The van der Waals surface area contributed by atoms with Crippen LogP contribution in [0, 0.1) is 5.92 Å². The summed E-state index contributed by atoms with van der Waals surface area (Å²) in [4.78, 5) is 6.20. The molecule has 0 aliphatic carbocycles. The Hall–Kier alpha value is -1.34. The van der Waals surface area contributed by atoms with E-state index in [9.17, 15) is 18.3 Å². The van der Waals surface area contributed by atoms with Crippen LogP contribution in [-0.2, 0) is 6.18 Å². The maximum absolute atomic E-state index is 13.0. The van der Waals surface area contributed by atoms with Crippen LogP contribution in [0.2, 0.25) is 0 Å². The number of rotatable bonds is 2. The molecule has 0 amide bonds. The molecule has 0 bridgehead atoms. The molecule has 0 radical (unpaired) electrons. The molecule has 0 spiro atoms. The van der Waals surface area contributed by atoms with Crippen LogP contribution in [0.5, 0.6) is 0 Å². The number of piperidine rings is 1. The third-order valence-electron chi connectivity index (χ3n) is 3.76. The first kappa shape index (κ1) is 14.6. The number of aliphatic hydroxyl groups excluding tert-OH is 1. The summed E-state index contributed by atoms with van der Waals surface area (Å²) in [5.41, 5.74) is -0.658. The number of fused-ring (bicyclic) bond motifs is 1. The van der Waals surface area contributed by atoms with E-state index in [1.807, 2.05) is 4.90 Å². The Kier molecular flexibility index (Phi) is 3.79. The molecule has 1 saturated heterocycles. The van der Waals surface area contributed by atoms with E-state index in [-0.39, 0.29) is 18.0 Å². The van der Waals surface area contributed by atoms with Crippen LogP contribution >= 0.6 is 11.3 Å². The van der Waals surface area contributed by atoms with Gasteiger partial charge in [0.25, 0.3) is 0 Å². The van der Waals surface area contributed by atoms with Gasteiger partial charge < -0.3 is 10.0 Å². The van der Waals surface area contributed by atoms with Gasteiger partial charge in [0.1, 0.15) is 0 Å². The first-order valence-electron chi connectivity index (χ1n) is 6.81. The van der Waals surface area contributed by atoms with Crippen molar-refractivity contribution in [2.75, 3.05) is 24.6 Å². The number of hydrogen-bond acceptors (Lipinski definition) is 4. The topological polar surface area (TPSA) is 36.4 Å². The lowest BCUT2D eigenvalue weighted by atomic mass is 10.00. The standard InChI is InChI=1S/C14H15F3N2OS/c15-14(16,17)10-4-1-5-11-12(10)18-13(21-11)19-6-2-3-9(7-19)8-20/h1,4-5,9,20H,2-3,6-8H2. The number of thiazole rings is 1. The summed E-state index contributed by atoms with van der Waals surface area (Å²) >= 11 is 1.28. The van der Waals surface area contributed by atoms with Crippen molar-refractivity contribution in [3.8, 4) is 0 Å². The minimum atomic E-state index is -4.39. The van der Waals surface area contributed by atoms with E-state index in [4.69, 9.17) is 0 Å². The van der Waals surface area contributed by atoms with E-state index in [1.165, 1.54) is 17.4 Å². The number of alkyl halides is 3. The molecule has 2 heterocycles. The molecule has 1 atom stereocenters. The van der Waals surface area contributed by atoms with Crippen LogP contribution in [0.1, 0.15) is 18.4 Å². The maximum atomic E-state index is 13.0. The van der Waals surface area contributed by atoms with Gasteiger partial charge in [-0.3, -0.25) is 0 Å². The van der Waals surface area contributed by atoms with Gasteiger partial charge in [0.15, 0.2) is 5.13 Å². The number of benzene rings is 1. The van der Waals surface area contributed by atoms with Crippen LogP contribution < -0.4 is 4.90 Å². The average molecular weight is 316 g/mol. The summed E-state index contributed by atoms with van der Waals surface area (Å²) in [6.07, 6.45) is -2.51. The molecule has 1 aromatic carbocycles. The monoisotopic (exact) mass is 316 g/mol. The van der Waals surface area contributed by atoms with Crippen molar-refractivity contribution >= 4 is 26.7 Å². The molecule has 1 N–H and O–H groups in total. The van der Waals surface area contributed by atoms with Crippen molar-refractivity contribution in [1.82, 2.24) is 4.98 Å². The molecule has 1 fully saturated rings. The van der Waals surface area contributed by atoms with Gasteiger partial charge in [0, 0.05) is 19.7 Å². The van der Waals surface area contributed by atoms with Crippen LogP contribution in [0.4, 0.5) is 18.3 Å². The molecular formula is C14H15F3N2OS. The largest absolute Gasteiger partial charge is 0.418 e. The first-order valence-corrected chi connectivity index (χ1v) is 7.63. The molecule has 7 heteroatoms. The van der Waals surface area contributed by atoms with Gasteiger partial charge in [-0.15, -0.1) is 0 Å². The molecule has 3 nitrogen and oxygen atoms in total. The van der Waals surface area contributed by atoms with Crippen molar-refractivity contribution < 1.29 is 18.3 Å². The van der Waals surface area contributed by atoms with Crippen molar-refractivity contribution in [2.45, 2.75) is 19.0 Å². The highest BCUT2D eigenvalue weighted by Gasteiger charge is 2.34. The van der Waals surface area contributed by atoms with Gasteiger partial charge in [0.2, 0.25) is 0 Å². The summed E-state index contributed by atoms with van der Waals surface area (Å²) in [6, 6.07) is 4.15. The van der Waals surface area contributed by atoms with E-state index < -0.39 is 11.7 Å². The fourth-order valence-corrected chi connectivity index (χ4v) is 3.72. The predicted molar refractivity (Wildman–Crippen MR) is 76.6 cm³/mol. The Labute approximate surface area is 124 Å². The summed E-state index contributed by atoms with van der Waals surface area (Å²) in [5, 5.41) is 9.86.